The smallest absolute Gasteiger partial charge is 0.255 e. The number of aromatic nitrogens is 1. The second kappa shape index (κ2) is 6.32. The van der Waals surface area contributed by atoms with E-state index in [-0.39, 0.29) is 5.91 Å². The molecule has 0 saturated heterocycles. The van der Waals surface area contributed by atoms with Crippen LogP contribution in [0, 0.1) is 6.92 Å². The van der Waals surface area contributed by atoms with Gasteiger partial charge < -0.3 is 11.1 Å². The zero-order chi connectivity index (χ0) is 16.2. The zero-order valence-electron chi connectivity index (χ0n) is 12.8. The van der Waals surface area contributed by atoms with Crippen LogP contribution in [0.5, 0.6) is 0 Å². The van der Waals surface area contributed by atoms with Gasteiger partial charge in [0.2, 0.25) is 0 Å². The molecule has 0 spiro atoms. The molecule has 3 aromatic rings. The Morgan fingerprint density at radius 1 is 1.00 bits per heavy atom. The molecule has 0 aliphatic carbocycles. The van der Waals surface area contributed by atoms with Crippen molar-refractivity contribution in [1.82, 2.24) is 4.98 Å². The summed E-state index contributed by atoms with van der Waals surface area (Å²) in [5.41, 5.74) is 10.6. The highest BCUT2D eigenvalue weighted by Gasteiger charge is 2.09. The molecule has 23 heavy (non-hydrogen) atoms. The number of rotatable bonds is 3. The van der Waals surface area contributed by atoms with Crippen molar-refractivity contribution >= 4 is 17.3 Å². The first-order valence-corrected chi connectivity index (χ1v) is 7.33. The summed E-state index contributed by atoms with van der Waals surface area (Å²) in [6.07, 6.45) is 1.77. The number of carbonyl (C=O) groups is 1. The van der Waals surface area contributed by atoms with Crippen molar-refractivity contribution in [2.45, 2.75) is 6.92 Å². The number of nitrogen functional groups attached to an aromatic ring is 1. The SMILES string of the molecule is Cc1cccnc1-c1ccc(C(=O)Nc2ccccc2N)cc1. The predicted molar refractivity (Wildman–Crippen MR) is 93.2 cm³/mol. The van der Waals surface area contributed by atoms with Gasteiger partial charge in [0.1, 0.15) is 0 Å². The molecular weight excluding hydrogens is 286 g/mol. The molecule has 0 atom stereocenters. The highest BCUT2D eigenvalue weighted by Crippen LogP contribution is 2.22. The van der Waals surface area contributed by atoms with Gasteiger partial charge in [0.25, 0.3) is 5.91 Å². The topological polar surface area (TPSA) is 68.0 Å². The lowest BCUT2D eigenvalue weighted by Crippen LogP contribution is -2.13. The Morgan fingerprint density at radius 3 is 2.43 bits per heavy atom. The normalized spacial score (nSPS) is 10.3. The molecule has 4 nitrogen and oxygen atoms in total. The second-order valence-electron chi connectivity index (χ2n) is 5.29. The monoisotopic (exact) mass is 303 g/mol. The summed E-state index contributed by atoms with van der Waals surface area (Å²) in [4.78, 5) is 16.7. The van der Waals surface area contributed by atoms with E-state index in [1.165, 1.54) is 0 Å². The van der Waals surface area contributed by atoms with E-state index in [9.17, 15) is 4.79 Å². The van der Waals surface area contributed by atoms with Crippen molar-refractivity contribution < 1.29 is 4.79 Å². The number of carbonyl (C=O) groups excluding carboxylic acids is 1. The fraction of sp³-hybridized carbons (Fsp3) is 0.0526. The molecule has 0 fully saturated rings. The molecule has 0 aliphatic rings. The minimum absolute atomic E-state index is 0.188. The first-order valence-electron chi connectivity index (χ1n) is 7.33. The molecule has 3 N–H and O–H groups in total. The van der Waals surface area contributed by atoms with Gasteiger partial charge >= 0.3 is 0 Å². The number of benzene rings is 2. The Kier molecular flexibility index (Phi) is 4.06. The van der Waals surface area contributed by atoms with Gasteiger partial charge in [-0.3, -0.25) is 9.78 Å². The van der Waals surface area contributed by atoms with Crippen molar-refractivity contribution in [3.63, 3.8) is 0 Å². The van der Waals surface area contributed by atoms with Gasteiger partial charge in [-0.2, -0.15) is 0 Å². The molecule has 1 aromatic heterocycles. The average Bonchev–Trinajstić information content (AvgIpc) is 2.57. The number of anilines is 2. The van der Waals surface area contributed by atoms with Crippen LogP contribution in [0.2, 0.25) is 0 Å². The Balaban J connectivity index is 1.81. The molecule has 3 rings (SSSR count). The van der Waals surface area contributed by atoms with Crippen LogP contribution in [0.1, 0.15) is 15.9 Å². The van der Waals surface area contributed by atoms with Gasteiger partial charge in [-0.15, -0.1) is 0 Å². The number of para-hydroxylation sites is 2. The van der Waals surface area contributed by atoms with E-state index < -0.39 is 0 Å². The standard InChI is InChI=1S/C19H17N3O/c1-13-5-4-12-21-18(13)14-8-10-15(11-9-14)19(23)22-17-7-3-2-6-16(17)20/h2-12H,20H2,1H3,(H,22,23). The molecule has 0 unspecified atom stereocenters. The lowest BCUT2D eigenvalue weighted by Gasteiger charge is -2.09. The number of nitrogens with zero attached hydrogens (tertiary/aromatic N) is 1. The number of aryl methyl sites for hydroxylation is 1. The summed E-state index contributed by atoms with van der Waals surface area (Å²) in [5.74, 6) is -0.188. The van der Waals surface area contributed by atoms with E-state index in [4.69, 9.17) is 5.73 Å². The summed E-state index contributed by atoms with van der Waals surface area (Å²) in [5, 5.41) is 2.82. The summed E-state index contributed by atoms with van der Waals surface area (Å²) >= 11 is 0. The quantitative estimate of drug-likeness (QED) is 0.721. The van der Waals surface area contributed by atoms with E-state index in [2.05, 4.69) is 10.3 Å². The van der Waals surface area contributed by atoms with Crippen LogP contribution >= 0.6 is 0 Å². The molecule has 0 aliphatic heterocycles. The maximum atomic E-state index is 12.3. The summed E-state index contributed by atoms with van der Waals surface area (Å²) in [6, 6.07) is 18.5. The zero-order valence-corrected chi connectivity index (χ0v) is 12.8. The fourth-order valence-electron chi connectivity index (χ4n) is 2.37. The molecule has 0 saturated carbocycles. The van der Waals surface area contributed by atoms with E-state index in [0.29, 0.717) is 16.9 Å². The van der Waals surface area contributed by atoms with Gasteiger partial charge in [0.15, 0.2) is 0 Å². The third kappa shape index (κ3) is 3.21. The minimum Gasteiger partial charge on any atom is -0.397 e. The number of amides is 1. The lowest BCUT2D eigenvalue weighted by atomic mass is 10.0. The summed E-state index contributed by atoms with van der Waals surface area (Å²) < 4.78 is 0. The van der Waals surface area contributed by atoms with Crippen molar-refractivity contribution in [3.05, 3.63) is 78.0 Å². The molecule has 0 radical (unpaired) electrons. The maximum absolute atomic E-state index is 12.3. The van der Waals surface area contributed by atoms with Crippen molar-refractivity contribution in [1.29, 1.82) is 0 Å². The second-order valence-corrected chi connectivity index (χ2v) is 5.29. The molecule has 4 heteroatoms. The molecule has 1 amide bonds. The molecular formula is C19H17N3O. The van der Waals surface area contributed by atoms with E-state index >= 15 is 0 Å². The highest BCUT2D eigenvalue weighted by atomic mass is 16.1. The van der Waals surface area contributed by atoms with Crippen LogP contribution in [0.15, 0.2) is 66.9 Å². The highest BCUT2D eigenvalue weighted by molar-refractivity contribution is 6.05. The van der Waals surface area contributed by atoms with E-state index in [1.807, 2.05) is 43.3 Å². The summed E-state index contributed by atoms with van der Waals surface area (Å²) in [6.45, 7) is 2.02. The van der Waals surface area contributed by atoms with Gasteiger partial charge in [-0.1, -0.05) is 30.3 Å². The fourth-order valence-corrected chi connectivity index (χ4v) is 2.37. The Bertz CT molecular complexity index is 841. The predicted octanol–water partition coefficient (Wildman–Crippen LogP) is 3.89. The number of nitrogens with one attached hydrogen (secondary N) is 1. The first-order chi connectivity index (χ1) is 11.1. The largest absolute Gasteiger partial charge is 0.397 e. The van der Waals surface area contributed by atoms with Crippen molar-refractivity contribution in [3.8, 4) is 11.3 Å². The summed E-state index contributed by atoms with van der Waals surface area (Å²) in [7, 11) is 0. The van der Waals surface area contributed by atoms with Gasteiger partial charge in [0.05, 0.1) is 17.1 Å². The number of hydrogen-bond donors (Lipinski definition) is 2. The van der Waals surface area contributed by atoms with E-state index in [0.717, 1.165) is 16.8 Å². The third-order valence-electron chi connectivity index (χ3n) is 3.64. The molecule has 0 bridgehead atoms. The molecule has 1 heterocycles. The van der Waals surface area contributed by atoms with Crippen molar-refractivity contribution in [2.24, 2.45) is 0 Å². The Labute approximate surface area is 135 Å². The molecule has 2 aromatic carbocycles. The van der Waals surface area contributed by atoms with E-state index in [1.54, 1.807) is 30.5 Å². The van der Waals surface area contributed by atoms with Crippen LogP contribution < -0.4 is 11.1 Å². The maximum Gasteiger partial charge on any atom is 0.255 e. The van der Waals surface area contributed by atoms with Crippen LogP contribution in [0.3, 0.4) is 0 Å². The average molecular weight is 303 g/mol. The molecule has 114 valence electrons. The third-order valence-corrected chi connectivity index (χ3v) is 3.64. The number of hydrogen-bond acceptors (Lipinski definition) is 3. The van der Waals surface area contributed by atoms with Crippen LogP contribution in [0.4, 0.5) is 11.4 Å². The van der Waals surface area contributed by atoms with Crippen LogP contribution in [0.25, 0.3) is 11.3 Å². The Morgan fingerprint density at radius 2 is 1.74 bits per heavy atom. The minimum atomic E-state index is -0.188. The van der Waals surface area contributed by atoms with Crippen LogP contribution in [-0.2, 0) is 0 Å². The van der Waals surface area contributed by atoms with Gasteiger partial charge in [-0.25, -0.2) is 0 Å². The number of nitrogens with two attached hydrogens (primary N) is 1. The van der Waals surface area contributed by atoms with Crippen molar-refractivity contribution in [2.75, 3.05) is 11.1 Å². The first kappa shape index (κ1) is 14.8. The van der Waals surface area contributed by atoms with Gasteiger partial charge in [0, 0.05) is 17.3 Å². The number of pyridine rings is 1. The Hall–Kier alpha value is -3.14. The van der Waals surface area contributed by atoms with Crippen LogP contribution in [-0.4, -0.2) is 10.9 Å². The van der Waals surface area contributed by atoms with Gasteiger partial charge in [-0.05, 0) is 42.8 Å². The lowest BCUT2D eigenvalue weighted by molar-refractivity contribution is 0.102.